The Bertz CT molecular complexity index is 769. The number of anilines is 2. The number of nitrogens with one attached hydrogen (secondary N) is 1. The van der Waals surface area contributed by atoms with Crippen LogP contribution in [-0.2, 0) is 0 Å². The molecule has 0 spiro atoms. The first kappa shape index (κ1) is 18.8. The second-order valence-electron chi connectivity index (χ2n) is 6.60. The van der Waals surface area contributed by atoms with Crippen LogP contribution >= 0.6 is 23.2 Å². The van der Waals surface area contributed by atoms with Crippen molar-refractivity contribution >= 4 is 40.6 Å². The number of hydrogen-bond donors (Lipinski definition) is 1. The third kappa shape index (κ3) is 4.05. The molecule has 1 aromatic heterocycles. The molecule has 7 heteroatoms. The fourth-order valence-electron chi connectivity index (χ4n) is 3.15. The first-order valence-corrected chi connectivity index (χ1v) is 9.41. The maximum atomic E-state index is 12.7. The number of nitrogens with zero attached hydrogens (tertiary/aromatic N) is 3. The second kappa shape index (κ2) is 8.14. The molecule has 0 atom stereocenters. The van der Waals surface area contributed by atoms with Crippen LogP contribution in [0.1, 0.15) is 25.3 Å². The molecule has 0 unspecified atom stereocenters. The summed E-state index contributed by atoms with van der Waals surface area (Å²) in [4.78, 5) is 20.6. The summed E-state index contributed by atoms with van der Waals surface area (Å²) in [5.41, 5.74) is 2.79. The Balaban J connectivity index is 1.64. The maximum absolute atomic E-state index is 12.7. The normalized spacial score (nSPS) is 14.7. The average Bonchev–Trinajstić information content (AvgIpc) is 2.62. The number of rotatable bonds is 3. The van der Waals surface area contributed by atoms with Crippen LogP contribution in [0.2, 0.25) is 10.0 Å². The van der Waals surface area contributed by atoms with E-state index in [0.717, 1.165) is 16.9 Å². The van der Waals surface area contributed by atoms with Crippen molar-refractivity contribution in [2.45, 2.75) is 19.8 Å². The van der Waals surface area contributed by atoms with Crippen LogP contribution in [0.3, 0.4) is 0 Å². The zero-order valence-corrected chi connectivity index (χ0v) is 16.4. The van der Waals surface area contributed by atoms with E-state index in [0.29, 0.717) is 42.1 Å². The van der Waals surface area contributed by atoms with E-state index >= 15 is 0 Å². The number of carbonyl (C=O) groups is 1. The van der Waals surface area contributed by atoms with E-state index in [4.69, 9.17) is 23.2 Å². The van der Waals surface area contributed by atoms with Crippen molar-refractivity contribution in [1.82, 2.24) is 9.88 Å². The van der Waals surface area contributed by atoms with Crippen LogP contribution in [0.25, 0.3) is 0 Å². The van der Waals surface area contributed by atoms with Crippen molar-refractivity contribution < 1.29 is 4.79 Å². The molecule has 138 valence electrons. The summed E-state index contributed by atoms with van der Waals surface area (Å²) in [6.07, 6.45) is 3.18. The molecule has 1 fully saturated rings. The van der Waals surface area contributed by atoms with Gasteiger partial charge in [0.1, 0.15) is 0 Å². The predicted molar refractivity (Wildman–Crippen MR) is 108 cm³/mol. The summed E-state index contributed by atoms with van der Waals surface area (Å²) in [6.45, 7) is 6.78. The SMILES string of the molecule is CC(C)c1ccccc1NC(=O)N1CCN(c2c(Cl)cncc2Cl)CC1. The first-order valence-electron chi connectivity index (χ1n) is 8.66. The molecule has 1 aromatic carbocycles. The van der Waals surface area contributed by atoms with Crippen molar-refractivity contribution in [3.63, 3.8) is 0 Å². The molecular formula is C19H22Cl2N4O. The molecule has 1 aliphatic heterocycles. The van der Waals surface area contributed by atoms with Crippen molar-refractivity contribution in [3.8, 4) is 0 Å². The number of benzene rings is 1. The van der Waals surface area contributed by atoms with Crippen molar-refractivity contribution in [2.24, 2.45) is 0 Å². The number of halogens is 2. The molecule has 2 heterocycles. The van der Waals surface area contributed by atoms with Crippen LogP contribution in [0.5, 0.6) is 0 Å². The van der Waals surface area contributed by atoms with E-state index < -0.39 is 0 Å². The molecule has 1 saturated heterocycles. The molecule has 0 saturated carbocycles. The lowest BCUT2D eigenvalue weighted by atomic mass is 10.0. The van der Waals surface area contributed by atoms with E-state index in [1.54, 1.807) is 12.4 Å². The molecule has 1 N–H and O–H groups in total. The van der Waals surface area contributed by atoms with Gasteiger partial charge in [0.25, 0.3) is 0 Å². The zero-order valence-electron chi connectivity index (χ0n) is 14.9. The van der Waals surface area contributed by atoms with Gasteiger partial charge in [-0.3, -0.25) is 4.98 Å². The van der Waals surface area contributed by atoms with Crippen molar-refractivity contribution in [1.29, 1.82) is 0 Å². The minimum absolute atomic E-state index is 0.0790. The number of piperazine rings is 1. The molecule has 0 bridgehead atoms. The molecule has 3 rings (SSSR count). The lowest BCUT2D eigenvalue weighted by Gasteiger charge is -2.36. The third-order valence-electron chi connectivity index (χ3n) is 4.54. The summed E-state index contributed by atoms with van der Waals surface area (Å²) in [5, 5.41) is 4.10. The number of hydrogen-bond acceptors (Lipinski definition) is 3. The van der Waals surface area contributed by atoms with Crippen LogP contribution in [0.15, 0.2) is 36.7 Å². The number of para-hydroxylation sites is 1. The zero-order chi connectivity index (χ0) is 18.7. The summed E-state index contributed by atoms with van der Waals surface area (Å²) >= 11 is 12.5. The lowest BCUT2D eigenvalue weighted by Crippen LogP contribution is -2.50. The average molecular weight is 393 g/mol. The minimum atomic E-state index is -0.0790. The van der Waals surface area contributed by atoms with Crippen LogP contribution in [-0.4, -0.2) is 42.1 Å². The van der Waals surface area contributed by atoms with Crippen molar-refractivity contribution in [2.75, 3.05) is 36.4 Å². The van der Waals surface area contributed by atoms with Gasteiger partial charge in [0.15, 0.2) is 0 Å². The summed E-state index contributed by atoms with van der Waals surface area (Å²) in [6, 6.07) is 7.84. The minimum Gasteiger partial charge on any atom is -0.365 e. The molecular weight excluding hydrogens is 371 g/mol. The van der Waals surface area contributed by atoms with Crippen LogP contribution in [0, 0.1) is 0 Å². The highest BCUT2D eigenvalue weighted by Crippen LogP contribution is 2.33. The molecule has 5 nitrogen and oxygen atoms in total. The number of urea groups is 1. The Morgan fingerprint density at radius 1 is 1.08 bits per heavy atom. The molecule has 26 heavy (non-hydrogen) atoms. The summed E-state index contributed by atoms with van der Waals surface area (Å²) in [7, 11) is 0. The molecule has 1 aliphatic rings. The first-order chi connectivity index (χ1) is 12.5. The van der Waals surface area contributed by atoms with Gasteiger partial charge in [-0.1, -0.05) is 55.2 Å². The van der Waals surface area contributed by atoms with Crippen LogP contribution < -0.4 is 10.2 Å². The van der Waals surface area contributed by atoms with E-state index in [1.165, 1.54) is 0 Å². The van der Waals surface area contributed by atoms with Gasteiger partial charge in [0.05, 0.1) is 15.7 Å². The number of pyridine rings is 1. The Morgan fingerprint density at radius 3 is 2.31 bits per heavy atom. The van der Waals surface area contributed by atoms with Gasteiger partial charge < -0.3 is 15.1 Å². The van der Waals surface area contributed by atoms with Gasteiger partial charge >= 0.3 is 6.03 Å². The summed E-state index contributed by atoms with van der Waals surface area (Å²) < 4.78 is 0. The smallest absolute Gasteiger partial charge is 0.321 e. The van der Waals surface area contributed by atoms with Crippen molar-refractivity contribution in [3.05, 3.63) is 52.3 Å². The largest absolute Gasteiger partial charge is 0.365 e. The molecule has 2 aromatic rings. The van der Waals surface area contributed by atoms with E-state index in [1.807, 2.05) is 29.2 Å². The highest BCUT2D eigenvalue weighted by molar-refractivity contribution is 6.38. The Kier molecular flexibility index (Phi) is 5.89. The molecule has 2 amide bonds. The van der Waals surface area contributed by atoms with E-state index in [9.17, 15) is 4.79 Å². The second-order valence-corrected chi connectivity index (χ2v) is 7.41. The standard InChI is InChI=1S/C19H22Cl2N4O/c1-13(2)14-5-3-4-6-17(14)23-19(26)25-9-7-24(8-10-25)18-15(20)11-22-12-16(18)21/h3-6,11-13H,7-10H2,1-2H3,(H,23,26). The topological polar surface area (TPSA) is 48.5 Å². The Labute approximate surface area is 163 Å². The maximum Gasteiger partial charge on any atom is 0.321 e. The Hall–Kier alpha value is -1.98. The Morgan fingerprint density at radius 2 is 1.69 bits per heavy atom. The fourth-order valence-corrected chi connectivity index (χ4v) is 3.75. The van der Waals surface area contributed by atoms with Gasteiger partial charge in [0, 0.05) is 44.3 Å². The molecule has 0 radical (unpaired) electrons. The van der Waals surface area contributed by atoms with Gasteiger partial charge in [-0.25, -0.2) is 4.79 Å². The van der Waals surface area contributed by atoms with Gasteiger partial charge in [-0.15, -0.1) is 0 Å². The highest BCUT2D eigenvalue weighted by atomic mass is 35.5. The number of aromatic nitrogens is 1. The van der Waals surface area contributed by atoms with Crippen LogP contribution in [0.4, 0.5) is 16.2 Å². The number of amides is 2. The molecule has 0 aliphatic carbocycles. The highest BCUT2D eigenvalue weighted by Gasteiger charge is 2.24. The van der Waals surface area contributed by atoms with Gasteiger partial charge in [-0.2, -0.15) is 0 Å². The lowest BCUT2D eigenvalue weighted by molar-refractivity contribution is 0.208. The van der Waals surface area contributed by atoms with Gasteiger partial charge in [-0.05, 0) is 17.5 Å². The number of carbonyl (C=O) groups excluding carboxylic acids is 1. The summed E-state index contributed by atoms with van der Waals surface area (Å²) in [5.74, 6) is 0.347. The quantitative estimate of drug-likeness (QED) is 0.810. The van der Waals surface area contributed by atoms with Gasteiger partial charge in [0.2, 0.25) is 0 Å². The third-order valence-corrected chi connectivity index (χ3v) is 5.09. The fraction of sp³-hybridized carbons (Fsp3) is 0.368. The van der Waals surface area contributed by atoms with E-state index in [2.05, 4.69) is 29.0 Å². The van der Waals surface area contributed by atoms with E-state index in [-0.39, 0.29) is 6.03 Å². The predicted octanol–water partition coefficient (Wildman–Crippen LogP) is 4.87. The monoisotopic (exact) mass is 392 g/mol.